The number of aromatic nitrogens is 1. The van der Waals surface area contributed by atoms with Crippen molar-refractivity contribution in [3.8, 4) is 0 Å². The number of carbonyl (C=O) groups is 2. The van der Waals surface area contributed by atoms with E-state index in [1.807, 2.05) is 24.0 Å². The molecule has 1 saturated carbocycles. The average molecular weight is 436 g/mol. The van der Waals surface area contributed by atoms with E-state index >= 15 is 0 Å². The molecule has 0 N–H and O–H groups in total. The number of fused-ring (bicyclic) bond motifs is 1. The van der Waals surface area contributed by atoms with Crippen LogP contribution in [0.4, 0.5) is 0 Å². The third-order valence-corrected chi connectivity index (χ3v) is 7.70. The highest BCUT2D eigenvalue weighted by Crippen LogP contribution is 2.37. The first-order chi connectivity index (χ1) is 15.6. The van der Waals surface area contributed by atoms with Crippen LogP contribution in [0.15, 0.2) is 34.9 Å². The van der Waals surface area contributed by atoms with Gasteiger partial charge in [0.15, 0.2) is 5.76 Å². The number of furan rings is 1. The molecule has 2 aromatic rings. The lowest BCUT2D eigenvalue weighted by Crippen LogP contribution is -2.50. The summed E-state index contributed by atoms with van der Waals surface area (Å²) in [4.78, 5) is 35.3. The molecule has 6 heteroatoms. The van der Waals surface area contributed by atoms with Crippen LogP contribution in [-0.2, 0) is 0 Å². The van der Waals surface area contributed by atoms with Crippen LogP contribution in [0.5, 0.6) is 0 Å². The summed E-state index contributed by atoms with van der Waals surface area (Å²) in [6, 6.07) is 7.81. The van der Waals surface area contributed by atoms with E-state index in [4.69, 9.17) is 9.40 Å². The molecule has 3 aliphatic rings. The number of hydrogen-bond donors (Lipinski definition) is 0. The van der Waals surface area contributed by atoms with E-state index in [0.29, 0.717) is 30.8 Å². The fourth-order valence-electron chi connectivity index (χ4n) is 6.01. The summed E-state index contributed by atoms with van der Waals surface area (Å²) in [5.41, 5.74) is 2.65. The highest BCUT2D eigenvalue weighted by Gasteiger charge is 2.37. The maximum atomic E-state index is 13.8. The van der Waals surface area contributed by atoms with Crippen LogP contribution < -0.4 is 0 Å². The quantitative estimate of drug-likeness (QED) is 0.695. The SMILES string of the molecule is Cc1ccc(C(=O)N2CCCC3CCCCC32)c(C2CCN(C(=O)c3ccco3)CC2)n1. The maximum Gasteiger partial charge on any atom is 0.289 e. The van der Waals surface area contributed by atoms with Crippen LogP contribution in [-0.4, -0.2) is 52.3 Å². The molecule has 32 heavy (non-hydrogen) atoms. The summed E-state index contributed by atoms with van der Waals surface area (Å²) in [5, 5.41) is 0. The molecule has 2 atom stereocenters. The lowest BCUT2D eigenvalue weighted by atomic mass is 9.78. The molecular formula is C26H33N3O3. The molecule has 0 bridgehead atoms. The van der Waals surface area contributed by atoms with Gasteiger partial charge in [0.1, 0.15) is 0 Å². The fraction of sp³-hybridized carbons (Fsp3) is 0.577. The van der Waals surface area contributed by atoms with Crippen molar-refractivity contribution in [2.75, 3.05) is 19.6 Å². The van der Waals surface area contributed by atoms with Gasteiger partial charge in [-0.15, -0.1) is 0 Å². The molecule has 0 spiro atoms. The predicted octanol–water partition coefficient (Wildman–Crippen LogP) is 4.80. The minimum atomic E-state index is -0.0568. The Bertz CT molecular complexity index is 961. The van der Waals surface area contributed by atoms with Crippen LogP contribution >= 0.6 is 0 Å². The summed E-state index contributed by atoms with van der Waals surface area (Å²) < 4.78 is 5.28. The van der Waals surface area contributed by atoms with E-state index in [0.717, 1.165) is 49.2 Å². The van der Waals surface area contributed by atoms with Gasteiger partial charge in [-0.05, 0) is 75.6 Å². The number of rotatable bonds is 3. The van der Waals surface area contributed by atoms with Gasteiger partial charge >= 0.3 is 0 Å². The third-order valence-electron chi connectivity index (χ3n) is 7.70. The maximum absolute atomic E-state index is 13.8. The molecule has 6 nitrogen and oxygen atoms in total. The lowest BCUT2D eigenvalue weighted by Gasteiger charge is -2.44. The summed E-state index contributed by atoms with van der Waals surface area (Å²) in [6.45, 7) is 4.17. The predicted molar refractivity (Wildman–Crippen MR) is 122 cm³/mol. The minimum absolute atomic E-state index is 0.0568. The van der Waals surface area contributed by atoms with E-state index in [1.165, 1.54) is 31.9 Å². The highest BCUT2D eigenvalue weighted by atomic mass is 16.3. The summed E-state index contributed by atoms with van der Waals surface area (Å²) in [7, 11) is 0. The normalized spacial score (nSPS) is 24.3. The van der Waals surface area contributed by atoms with E-state index < -0.39 is 0 Å². The molecule has 2 saturated heterocycles. The van der Waals surface area contributed by atoms with E-state index in [1.54, 1.807) is 12.1 Å². The summed E-state index contributed by atoms with van der Waals surface area (Å²) in [5.74, 6) is 1.36. The number of hydrogen-bond acceptors (Lipinski definition) is 4. The largest absolute Gasteiger partial charge is 0.459 e. The zero-order valence-corrected chi connectivity index (χ0v) is 19.0. The Morgan fingerprint density at radius 3 is 2.50 bits per heavy atom. The second-order valence-corrected chi connectivity index (χ2v) is 9.68. The molecule has 2 aliphatic heterocycles. The smallest absolute Gasteiger partial charge is 0.289 e. The van der Waals surface area contributed by atoms with Crippen molar-refractivity contribution >= 4 is 11.8 Å². The Balaban J connectivity index is 1.34. The van der Waals surface area contributed by atoms with Gasteiger partial charge < -0.3 is 14.2 Å². The molecule has 5 rings (SSSR count). The molecule has 4 heterocycles. The monoisotopic (exact) mass is 435 g/mol. The van der Waals surface area contributed by atoms with Crippen LogP contribution in [0.2, 0.25) is 0 Å². The average Bonchev–Trinajstić information content (AvgIpc) is 3.38. The van der Waals surface area contributed by atoms with Crippen LogP contribution in [0.3, 0.4) is 0 Å². The van der Waals surface area contributed by atoms with Gasteiger partial charge in [0.25, 0.3) is 11.8 Å². The molecule has 3 fully saturated rings. The van der Waals surface area contributed by atoms with Gasteiger partial charge in [-0.2, -0.15) is 0 Å². The summed E-state index contributed by atoms with van der Waals surface area (Å²) >= 11 is 0. The molecular weight excluding hydrogens is 402 g/mol. The van der Waals surface area contributed by atoms with Gasteiger partial charge in [0.2, 0.25) is 0 Å². The van der Waals surface area contributed by atoms with Crippen molar-refractivity contribution in [3.05, 3.63) is 53.2 Å². The van der Waals surface area contributed by atoms with Crippen LogP contribution in [0.1, 0.15) is 89.6 Å². The molecule has 2 aromatic heterocycles. The standard InChI is InChI=1S/C26H33N3O3/c1-18-10-11-21(25(30)29-14-4-7-19-6-2-3-8-22(19)29)24(27-18)20-12-15-28(16-13-20)26(31)23-9-5-17-32-23/h5,9-11,17,19-20,22H,2-4,6-8,12-16H2,1H3. The van der Waals surface area contributed by atoms with Crippen molar-refractivity contribution in [1.29, 1.82) is 0 Å². The second-order valence-electron chi connectivity index (χ2n) is 9.68. The molecule has 0 radical (unpaired) electrons. The topological polar surface area (TPSA) is 66.7 Å². The fourth-order valence-corrected chi connectivity index (χ4v) is 6.01. The second kappa shape index (κ2) is 9.08. The highest BCUT2D eigenvalue weighted by molar-refractivity contribution is 5.96. The molecule has 0 aromatic carbocycles. The number of nitrogens with zero attached hydrogens (tertiary/aromatic N) is 3. The van der Waals surface area contributed by atoms with Gasteiger partial charge in [0.05, 0.1) is 17.5 Å². The Morgan fingerprint density at radius 2 is 1.72 bits per heavy atom. The van der Waals surface area contributed by atoms with Gasteiger partial charge in [0, 0.05) is 37.3 Å². The Morgan fingerprint density at radius 1 is 0.938 bits per heavy atom. The lowest BCUT2D eigenvalue weighted by molar-refractivity contribution is 0.0387. The molecule has 170 valence electrons. The number of likely N-dealkylation sites (tertiary alicyclic amines) is 2. The number of piperidine rings is 2. The Hall–Kier alpha value is -2.63. The van der Waals surface area contributed by atoms with Crippen LogP contribution in [0.25, 0.3) is 0 Å². The first-order valence-corrected chi connectivity index (χ1v) is 12.2. The van der Waals surface area contributed by atoms with Crippen LogP contribution in [0, 0.1) is 12.8 Å². The molecule has 1 aliphatic carbocycles. The number of amides is 2. The third kappa shape index (κ3) is 4.07. The van der Waals surface area contributed by atoms with E-state index in [-0.39, 0.29) is 17.7 Å². The molecule has 2 amide bonds. The van der Waals surface area contributed by atoms with E-state index in [2.05, 4.69) is 4.90 Å². The van der Waals surface area contributed by atoms with Gasteiger partial charge in [-0.3, -0.25) is 14.6 Å². The number of pyridine rings is 1. The number of aryl methyl sites for hydroxylation is 1. The zero-order chi connectivity index (χ0) is 22.1. The first-order valence-electron chi connectivity index (χ1n) is 12.2. The van der Waals surface area contributed by atoms with Crippen molar-refractivity contribution in [2.24, 2.45) is 5.92 Å². The Kier molecular flexibility index (Phi) is 6.03. The van der Waals surface area contributed by atoms with Crippen molar-refractivity contribution in [1.82, 2.24) is 14.8 Å². The van der Waals surface area contributed by atoms with Crippen molar-refractivity contribution in [3.63, 3.8) is 0 Å². The van der Waals surface area contributed by atoms with Crippen molar-refractivity contribution < 1.29 is 14.0 Å². The Labute approximate surface area is 190 Å². The van der Waals surface area contributed by atoms with Gasteiger partial charge in [-0.25, -0.2) is 0 Å². The number of carbonyl (C=O) groups excluding carboxylic acids is 2. The van der Waals surface area contributed by atoms with Gasteiger partial charge in [-0.1, -0.05) is 12.8 Å². The van der Waals surface area contributed by atoms with Crippen molar-refractivity contribution in [2.45, 2.75) is 70.3 Å². The zero-order valence-electron chi connectivity index (χ0n) is 19.0. The minimum Gasteiger partial charge on any atom is -0.459 e. The summed E-state index contributed by atoms with van der Waals surface area (Å²) in [6.07, 6.45) is 10.5. The molecule has 2 unspecified atom stereocenters. The first kappa shape index (κ1) is 21.2. The van der Waals surface area contributed by atoms with E-state index in [9.17, 15) is 9.59 Å².